The summed E-state index contributed by atoms with van der Waals surface area (Å²) < 4.78 is 7.24. The summed E-state index contributed by atoms with van der Waals surface area (Å²) in [6, 6.07) is 8.71. The molecule has 2 spiro atoms. The predicted molar refractivity (Wildman–Crippen MR) is 137 cm³/mol. The second-order valence-corrected chi connectivity index (χ2v) is 11.9. The van der Waals surface area contributed by atoms with Crippen LogP contribution in [0.1, 0.15) is 44.6 Å². The fourth-order valence-corrected chi connectivity index (χ4v) is 8.20. The third kappa shape index (κ3) is 2.76. The number of aliphatic hydroxyl groups excluding tert-OH is 2. The highest BCUT2D eigenvalue weighted by Gasteiger charge is 2.67. The molecule has 0 radical (unpaired) electrons. The maximum Gasteiger partial charge on any atom is 0.105 e. The molecule has 182 valence electrons. The minimum atomic E-state index is -0.884. The number of hydrogen-bond donors (Lipinski definition) is 2. The maximum atomic E-state index is 11.1. The van der Waals surface area contributed by atoms with Crippen molar-refractivity contribution in [2.24, 2.45) is 11.3 Å². The van der Waals surface area contributed by atoms with Gasteiger partial charge in [0.25, 0.3) is 0 Å². The molecule has 2 fully saturated rings. The van der Waals surface area contributed by atoms with Gasteiger partial charge < -0.3 is 19.8 Å². The molecule has 35 heavy (non-hydrogen) atoms. The maximum absolute atomic E-state index is 11.1. The second-order valence-electron chi connectivity index (χ2n) is 11.9. The van der Waals surface area contributed by atoms with Crippen molar-refractivity contribution in [1.29, 1.82) is 0 Å². The number of aliphatic hydroxyl groups is 2. The van der Waals surface area contributed by atoms with Gasteiger partial charge in [-0.3, -0.25) is 4.98 Å². The zero-order chi connectivity index (χ0) is 24.2. The number of hydrogen-bond acceptors (Lipinski definition) is 5. The molecule has 3 aliphatic carbocycles. The molecular weight excluding hydrogens is 436 g/mol. The first-order valence-electron chi connectivity index (χ1n) is 13.0. The number of rotatable bonds is 2. The minimum Gasteiger partial charge on any atom is -0.388 e. The van der Waals surface area contributed by atoms with E-state index >= 15 is 0 Å². The molecule has 5 aliphatic rings. The van der Waals surface area contributed by atoms with Crippen LogP contribution in [0.25, 0.3) is 16.3 Å². The van der Waals surface area contributed by atoms with Crippen molar-refractivity contribution in [2.45, 2.75) is 68.5 Å². The Kier molecular flexibility index (Phi) is 4.47. The van der Waals surface area contributed by atoms with Crippen molar-refractivity contribution >= 4 is 16.3 Å². The van der Waals surface area contributed by atoms with Crippen molar-refractivity contribution in [1.82, 2.24) is 9.88 Å². The summed E-state index contributed by atoms with van der Waals surface area (Å²) in [5.74, 6) is 0.358. The summed E-state index contributed by atoms with van der Waals surface area (Å²) in [5.41, 5.74) is 4.02. The smallest absolute Gasteiger partial charge is 0.105 e. The van der Waals surface area contributed by atoms with Crippen LogP contribution in [0, 0.1) is 11.3 Å². The molecule has 1 aromatic carbocycles. The van der Waals surface area contributed by atoms with Crippen LogP contribution in [-0.4, -0.2) is 63.6 Å². The molecule has 5 nitrogen and oxygen atoms in total. The fourth-order valence-electron chi connectivity index (χ4n) is 8.20. The Balaban J connectivity index is 1.30. The molecule has 2 aromatic rings. The van der Waals surface area contributed by atoms with Crippen molar-refractivity contribution in [2.75, 3.05) is 14.1 Å². The lowest BCUT2D eigenvalue weighted by molar-refractivity contribution is -0.161. The van der Waals surface area contributed by atoms with E-state index in [9.17, 15) is 10.2 Å². The van der Waals surface area contributed by atoms with E-state index in [-0.39, 0.29) is 17.1 Å². The van der Waals surface area contributed by atoms with Gasteiger partial charge in [0.15, 0.2) is 0 Å². The SMILES string of the molecule is CN(C)C1CC23CCC4(O2)C(=CCC2(C)C(c5ccc6cnccc6c5)=CCC24)C=C3C(O)C1O. The van der Waals surface area contributed by atoms with E-state index in [1.807, 2.05) is 31.4 Å². The van der Waals surface area contributed by atoms with Gasteiger partial charge in [-0.1, -0.05) is 37.3 Å². The number of likely N-dealkylation sites (N-methyl/N-ethyl adjacent to an activating group) is 1. The van der Waals surface area contributed by atoms with Crippen molar-refractivity contribution in [3.8, 4) is 0 Å². The van der Waals surface area contributed by atoms with Gasteiger partial charge in [0.2, 0.25) is 0 Å². The van der Waals surface area contributed by atoms with Crippen molar-refractivity contribution in [3.05, 3.63) is 71.6 Å². The molecule has 7 unspecified atom stereocenters. The Morgan fingerprint density at radius 2 is 1.94 bits per heavy atom. The topological polar surface area (TPSA) is 65.8 Å². The number of fused-ring (bicyclic) bond motifs is 2. The number of pyridine rings is 1. The van der Waals surface area contributed by atoms with Gasteiger partial charge in [-0.05, 0) is 86.0 Å². The number of allylic oxidation sites excluding steroid dienone is 3. The Morgan fingerprint density at radius 1 is 1.09 bits per heavy atom. The highest BCUT2D eigenvalue weighted by molar-refractivity contribution is 5.87. The second kappa shape index (κ2) is 7.13. The Morgan fingerprint density at radius 3 is 2.77 bits per heavy atom. The van der Waals surface area contributed by atoms with Crippen LogP contribution in [0.5, 0.6) is 0 Å². The Labute approximate surface area is 206 Å². The van der Waals surface area contributed by atoms with Crippen LogP contribution >= 0.6 is 0 Å². The van der Waals surface area contributed by atoms with Gasteiger partial charge in [0.1, 0.15) is 6.10 Å². The fraction of sp³-hybridized carbons (Fsp3) is 0.500. The van der Waals surface area contributed by atoms with E-state index in [1.54, 1.807) is 0 Å². The lowest BCUT2D eigenvalue weighted by Gasteiger charge is -2.55. The van der Waals surface area contributed by atoms with Gasteiger partial charge in [-0.2, -0.15) is 0 Å². The predicted octanol–water partition coefficient (Wildman–Crippen LogP) is 4.26. The van der Waals surface area contributed by atoms with Crippen LogP contribution in [0.3, 0.4) is 0 Å². The summed E-state index contributed by atoms with van der Waals surface area (Å²) in [6.07, 6.45) is 13.7. The van der Waals surface area contributed by atoms with Crippen LogP contribution < -0.4 is 0 Å². The third-order valence-corrected chi connectivity index (χ3v) is 10.0. The summed E-state index contributed by atoms with van der Waals surface area (Å²) in [6.45, 7) is 2.42. The average Bonchev–Trinajstić information content (AvgIpc) is 3.37. The van der Waals surface area contributed by atoms with E-state index in [4.69, 9.17) is 4.74 Å². The minimum absolute atomic E-state index is 0.00513. The number of nitrogens with zero attached hydrogens (tertiary/aromatic N) is 2. The van der Waals surface area contributed by atoms with Gasteiger partial charge in [-0.25, -0.2) is 0 Å². The molecule has 1 saturated carbocycles. The van der Waals surface area contributed by atoms with Crippen LogP contribution in [0.15, 0.2) is 66.0 Å². The zero-order valence-electron chi connectivity index (χ0n) is 20.7. The molecule has 0 amide bonds. The molecular formula is C30H34N2O3. The van der Waals surface area contributed by atoms with Gasteiger partial charge in [0, 0.05) is 35.2 Å². The third-order valence-electron chi connectivity index (χ3n) is 10.0. The molecule has 1 aromatic heterocycles. The molecule has 7 atom stereocenters. The summed E-state index contributed by atoms with van der Waals surface area (Å²) >= 11 is 0. The van der Waals surface area contributed by atoms with Gasteiger partial charge in [0.05, 0.1) is 17.3 Å². The molecule has 2 N–H and O–H groups in total. The lowest BCUT2D eigenvalue weighted by Crippen LogP contribution is -2.61. The Hall–Kier alpha value is -2.31. The van der Waals surface area contributed by atoms with E-state index in [1.165, 1.54) is 27.5 Å². The molecule has 1 saturated heterocycles. The summed E-state index contributed by atoms with van der Waals surface area (Å²) in [5, 5.41) is 24.4. The standard InChI is InChI=1S/C30H34N2O3/c1-28-10-8-21-15-23-26(33)27(34)24(32(2)3)16-29(23)11-12-30(21,35-29)25(28)7-6-22(28)19-4-5-20-17-31-13-9-18(20)14-19/h4-6,8-9,13-15,17,24-27,33-34H,7,10-12,16H2,1-3H3. The highest BCUT2D eigenvalue weighted by atomic mass is 16.5. The van der Waals surface area contributed by atoms with Gasteiger partial charge >= 0.3 is 0 Å². The molecule has 2 bridgehead atoms. The van der Waals surface area contributed by atoms with Crippen molar-refractivity contribution in [3.63, 3.8) is 0 Å². The zero-order valence-corrected chi connectivity index (χ0v) is 20.7. The first kappa shape index (κ1) is 21.9. The van der Waals surface area contributed by atoms with E-state index in [0.29, 0.717) is 5.92 Å². The largest absolute Gasteiger partial charge is 0.388 e. The number of benzene rings is 1. The molecule has 5 heteroatoms. The van der Waals surface area contributed by atoms with E-state index < -0.39 is 17.8 Å². The summed E-state index contributed by atoms with van der Waals surface area (Å²) in [4.78, 5) is 6.30. The molecule has 3 heterocycles. The molecule has 7 rings (SSSR count). The van der Waals surface area contributed by atoms with Crippen LogP contribution in [0.2, 0.25) is 0 Å². The van der Waals surface area contributed by atoms with E-state index in [2.05, 4.69) is 54.4 Å². The van der Waals surface area contributed by atoms with E-state index in [0.717, 1.165) is 37.7 Å². The lowest BCUT2D eigenvalue weighted by atomic mass is 9.58. The Bertz CT molecular complexity index is 1330. The quantitative estimate of drug-likeness (QED) is 0.687. The van der Waals surface area contributed by atoms with Crippen molar-refractivity contribution < 1.29 is 14.9 Å². The number of ether oxygens (including phenoxy) is 1. The monoisotopic (exact) mass is 470 g/mol. The normalized spacial score (nSPS) is 41.7. The molecule has 2 aliphatic heterocycles. The summed E-state index contributed by atoms with van der Waals surface area (Å²) in [7, 11) is 3.96. The first-order chi connectivity index (χ1) is 16.8. The average molecular weight is 471 g/mol. The van der Waals surface area contributed by atoms with Crippen LogP contribution in [0.4, 0.5) is 0 Å². The van der Waals surface area contributed by atoms with Gasteiger partial charge in [-0.15, -0.1) is 0 Å². The number of aromatic nitrogens is 1. The highest BCUT2D eigenvalue weighted by Crippen LogP contribution is 2.67. The van der Waals surface area contributed by atoms with Crippen LogP contribution in [-0.2, 0) is 4.74 Å². The first-order valence-corrected chi connectivity index (χ1v) is 13.0.